The fraction of sp³-hybridized carbons (Fsp3) is 0.375. The predicted molar refractivity (Wildman–Crippen MR) is 118 cm³/mol. The number of ether oxygens (including phenoxy) is 1. The van der Waals surface area contributed by atoms with Crippen molar-refractivity contribution >= 4 is 22.6 Å². The summed E-state index contributed by atoms with van der Waals surface area (Å²) in [6, 6.07) is 5.96. The van der Waals surface area contributed by atoms with Gasteiger partial charge in [-0.15, -0.1) is 0 Å². The lowest BCUT2D eigenvalue weighted by Gasteiger charge is -2.22. The summed E-state index contributed by atoms with van der Waals surface area (Å²) in [7, 11) is 0. The number of rotatable bonds is 4. The molecule has 164 valence electrons. The third-order valence-electron chi connectivity index (χ3n) is 4.92. The number of hydrogen-bond donors (Lipinski definition) is 1. The van der Waals surface area contributed by atoms with Crippen LogP contribution in [0.2, 0.25) is 0 Å². The molecule has 0 aliphatic heterocycles. The van der Waals surface area contributed by atoms with E-state index in [9.17, 15) is 14.0 Å². The van der Waals surface area contributed by atoms with E-state index >= 15 is 0 Å². The maximum atomic E-state index is 13.8. The highest BCUT2D eigenvalue weighted by Gasteiger charge is 2.24. The SMILES string of the molecule is Cc1cc(C(C)Nc2ccc(F)nc2C(=O)OC(C)(C)C)c2oc(C)c(C)c(=O)c2c1. The number of fused-ring (bicyclic) bond motifs is 1. The first-order chi connectivity index (χ1) is 14.4. The van der Waals surface area contributed by atoms with Crippen molar-refractivity contribution in [3.8, 4) is 0 Å². The van der Waals surface area contributed by atoms with Crippen LogP contribution in [0.5, 0.6) is 0 Å². The molecule has 0 bridgehead atoms. The monoisotopic (exact) mass is 426 g/mol. The van der Waals surface area contributed by atoms with Gasteiger partial charge in [0.15, 0.2) is 11.1 Å². The lowest BCUT2D eigenvalue weighted by Crippen LogP contribution is -2.25. The van der Waals surface area contributed by atoms with Crippen LogP contribution in [0.25, 0.3) is 11.0 Å². The fourth-order valence-corrected chi connectivity index (χ4v) is 3.34. The molecule has 0 fully saturated rings. The van der Waals surface area contributed by atoms with Crippen molar-refractivity contribution in [2.24, 2.45) is 0 Å². The van der Waals surface area contributed by atoms with Gasteiger partial charge in [-0.25, -0.2) is 9.78 Å². The predicted octanol–water partition coefficient (Wildman–Crippen LogP) is 5.38. The van der Waals surface area contributed by atoms with Crippen molar-refractivity contribution in [1.82, 2.24) is 4.98 Å². The molecule has 0 amide bonds. The lowest BCUT2D eigenvalue weighted by molar-refractivity contribution is 0.00628. The zero-order valence-electron chi connectivity index (χ0n) is 18.8. The van der Waals surface area contributed by atoms with Crippen molar-refractivity contribution in [2.75, 3.05) is 5.32 Å². The Kier molecular flexibility index (Phi) is 5.89. The highest BCUT2D eigenvalue weighted by molar-refractivity contribution is 5.94. The van der Waals surface area contributed by atoms with E-state index in [0.717, 1.165) is 11.1 Å². The molecule has 7 heteroatoms. The third-order valence-corrected chi connectivity index (χ3v) is 4.92. The van der Waals surface area contributed by atoms with E-state index in [4.69, 9.17) is 9.15 Å². The van der Waals surface area contributed by atoms with Crippen LogP contribution in [0.15, 0.2) is 33.5 Å². The highest BCUT2D eigenvalue weighted by atomic mass is 19.1. The van der Waals surface area contributed by atoms with Crippen molar-refractivity contribution in [3.05, 3.63) is 68.6 Å². The first-order valence-electron chi connectivity index (χ1n) is 10.1. The van der Waals surface area contributed by atoms with Crippen LogP contribution in [0, 0.1) is 26.7 Å². The summed E-state index contributed by atoms with van der Waals surface area (Å²) in [6.45, 7) is 12.4. The van der Waals surface area contributed by atoms with Crippen LogP contribution >= 0.6 is 0 Å². The second-order valence-corrected chi connectivity index (χ2v) is 8.74. The second-order valence-electron chi connectivity index (χ2n) is 8.74. The van der Waals surface area contributed by atoms with Gasteiger partial charge < -0.3 is 14.5 Å². The summed E-state index contributed by atoms with van der Waals surface area (Å²) in [5.41, 5.74) is 2.04. The third kappa shape index (κ3) is 4.76. The molecule has 1 atom stereocenters. The number of nitrogens with zero attached hydrogens (tertiary/aromatic N) is 1. The average Bonchev–Trinajstić information content (AvgIpc) is 2.66. The van der Waals surface area contributed by atoms with Gasteiger partial charge in [-0.1, -0.05) is 6.07 Å². The zero-order valence-corrected chi connectivity index (χ0v) is 18.8. The van der Waals surface area contributed by atoms with Crippen LogP contribution < -0.4 is 10.7 Å². The average molecular weight is 426 g/mol. The molecule has 1 unspecified atom stereocenters. The Labute approximate surface area is 180 Å². The number of pyridine rings is 1. The molecule has 0 aliphatic rings. The lowest BCUT2D eigenvalue weighted by atomic mass is 10.00. The summed E-state index contributed by atoms with van der Waals surface area (Å²) < 4.78 is 25.1. The summed E-state index contributed by atoms with van der Waals surface area (Å²) in [5, 5.41) is 3.70. The van der Waals surface area contributed by atoms with E-state index < -0.39 is 17.5 Å². The Bertz CT molecular complexity index is 1220. The molecule has 0 saturated carbocycles. The van der Waals surface area contributed by atoms with Crippen molar-refractivity contribution in [3.63, 3.8) is 0 Å². The van der Waals surface area contributed by atoms with Crippen LogP contribution in [0.1, 0.15) is 66.7 Å². The van der Waals surface area contributed by atoms with Crippen LogP contribution in [0.3, 0.4) is 0 Å². The number of halogens is 1. The van der Waals surface area contributed by atoms with Crippen molar-refractivity contribution in [1.29, 1.82) is 0 Å². The number of aromatic nitrogens is 1. The van der Waals surface area contributed by atoms with Gasteiger partial charge in [0.25, 0.3) is 0 Å². The highest BCUT2D eigenvalue weighted by Crippen LogP contribution is 2.30. The van der Waals surface area contributed by atoms with Gasteiger partial charge >= 0.3 is 5.97 Å². The number of hydrogen-bond acceptors (Lipinski definition) is 6. The summed E-state index contributed by atoms with van der Waals surface area (Å²) in [6.07, 6.45) is 0. The number of aryl methyl sites for hydroxylation is 2. The van der Waals surface area contributed by atoms with Gasteiger partial charge in [0.05, 0.1) is 17.1 Å². The van der Waals surface area contributed by atoms with Gasteiger partial charge in [0.2, 0.25) is 5.95 Å². The number of esters is 1. The van der Waals surface area contributed by atoms with Gasteiger partial charge in [0.1, 0.15) is 16.9 Å². The van der Waals surface area contributed by atoms with Crippen LogP contribution in [-0.2, 0) is 4.74 Å². The molecule has 0 radical (unpaired) electrons. The Morgan fingerprint density at radius 2 is 1.87 bits per heavy atom. The topological polar surface area (TPSA) is 81.4 Å². The van der Waals surface area contributed by atoms with E-state index in [1.165, 1.54) is 12.1 Å². The van der Waals surface area contributed by atoms with E-state index in [2.05, 4.69) is 10.3 Å². The van der Waals surface area contributed by atoms with Crippen molar-refractivity contribution in [2.45, 2.75) is 60.1 Å². The molecule has 1 aromatic carbocycles. The molecule has 0 spiro atoms. The van der Waals surface area contributed by atoms with Gasteiger partial charge in [-0.3, -0.25) is 4.79 Å². The van der Waals surface area contributed by atoms with Gasteiger partial charge in [-0.2, -0.15) is 4.39 Å². The number of nitrogens with one attached hydrogen (secondary N) is 1. The van der Waals surface area contributed by atoms with E-state index in [0.29, 0.717) is 28.0 Å². The molecule has 2 heterocycles. The Balaban J connectivity index is 2.07. The van der Waals surface area contributed by atoms with Crippen molar-refractivity contribution < 1.29 is 18.3 Å². The molecule has 2 aromatic heterocycles. The Hall–Kier alpha value is -3.22. The summed E-state index contributed by atoms with van der Waals surface area (Å²) in [4.78, 5) is 29.1. The number of benzene rings is 1. The minimum absolute atomic E-state index is 0.0752. The maximum Gasteiger partial charge on any atom is 0.359 e. The van der Waals surface area contributed by atoms with Crippen LogP contribution in [0.4, 0.5) is 10.1 Å². The minimum Gasteiger partial charge on any atom is -0.460 e. The van der Waals surface area contributed by atoms with E-state index in [-0.39, 0.29) is 17.2 Å². The molecule has 31 heavy (non-hydrogen) atoms. The maximum absolute atomic E-state index is 13.8. The molecule has 1 N–H and O–H groups in total. The fourth-order valence-electron chi connectivity index (χ4n) is 3.34. The largest absolute Gasteiger partial charge is 0.460 e. The minimum atomic E-state index is -0.780. The molecule has 6 nitrogen and oxygen atoms in total. The summed E-state index contributed by atoms with van der Waals surface area (Å²) >= 11 is 0. The molecule has 0 saturated heterocycles. The smallest absolute Gasteiger partial charge is 0.359 e. The number of carbonyl (C=O) groups is 1. The molecular weight excluding hydrogens is 399 g/mol. The normalized spacial score (nSPS) is 12.6. The quantitative estimate of drug-likeness (QED) is 0.446. The second kappa shape index (κ2) is 8.13. The zero-order chi connectivity index (χ0) is 23.1. The van der Waals surface area contributed by atoms with Gasteiger partial charge in [0, 0.05) is 11.1 Å². The number of anilines is 1. The van der Waals surface area contributed by atoms with E-state index in [1.54, 1.807) is 40.7 Å². The first kappa shape index (κ1) is 22.5. The summed E-state index contributed by atoms with van der Waals surface area (Å²) in [5.74, 6) is -0.960. The Morgan fingerprint density at radius 1 is 1.19 bits per heavy atom. The molecule has 0 aliphatic carbocycles. The van der Waals surface area contributed by atoms with E-state index in [1.807, 2.05) is 19.9 Å². The number of carbonyl (C=O) groups excluding carboxylic acids is 1. The first-order valence-corrected chi connectivity index (χ1v) is 10.1. The molecule has 3 rings (SSSR count). The molecule has 3 aromatic rings. The molecular formula is C24H27FN2O4. The standard InChI is InChI=1S/C24H27FN2O4/c1-12-10-16(22-17(11-12)21(28)13(2)15(4)30-22)14(3)26-18-8-9-19(25)27-20(18)23(29)31-24(5,6)7/h8-11,14,26H,1-7H3. The van der Waals surface area contributed by atoms with Crippen LogP contribution in [-0.4, -0.2) is 16.6 Å². The Morgan fingerprint density at radius 3 is 2.52 bits per heavy atom. The van der Waals surface area contributed by atoms with Gasteiger partial charge in [-0.05, 0) is 72.2 Å².